The fourth-order valence-electron chi connectivity index (χ4n) is 4.15. The Morgan fingerprint density at radius 3 is 2.23 bits per heavy atom. The molecule has 1 aliphatic rings. The molecule has 3 aromatic carbocycles. The second-order valence-electron chi connectivity index (χ2n) is 8.82. The van der Waals surface area contributed by atoms with Gasteiger partial charge in [0.25, 0.3) is 0 Å². The van der Waals surface area contributed by atoms with E-state index in [1.165, 1.54) is 7.11 Å². The molecule has 0 spiro atoms. The third kappa shape index (κ3) is 8.34. The van der Waals surface area contributed by atoms with Crippen molar-refractivity contribution in [3.05, 3.63) is 113 Å². The summed E-state index contributed by atoms with van der Waals surface area (Å²) in [6.45, 7) is 0. The number of rotatable bonds is 11. The number of hydrogen-bond acceptors (Lipinski definition) is 7. The van der Waals surface area contributed by atoms with Crippen molar-refractivity contribution in [3.63, 3.8) is 0 Å². The normalized spacial score (nSPS) is 16.7. The van der Waals surface area contributed by atoms with Crippen LogP contribution < -0.4 is 20.7 Å². The van der Waals surface area contributed by atoms with Gasteiger partial charge in [-0.25, -0.2) is 4.79 Å². The molecule has 0 saturated heterocycles. The van der Waals surface area contributed by atoms with Gasteiger partial charge < -0.3 is 30.0 Å². The van der Waals surface area contributed by atoms with Gasteiger partial charge in [0.05, 0.1) is 13.2 Å². The van der Waals surface area contributed by atoms with Gasteiger partial charge in [-0.3, -0.25) is 9.00 Å². The summed E-state index contributed by atoms with van der Waals surface area (Å²) >= 11 is -0.806. The molecule has 0 aromatic heterocycles. The molecule has 3 aromatic rings. The molecule has 4 rings (SSSR count). The molecule has 2 amide bonds. The predicted molar refractivity (Wildman–Crippen MR) is 152 cm³/mol. The molecule has 0 aliphatic carbocycles. The highest BCUT2D eigenvalue weighted by molar-refractivity contribution is 8.02. The van der Waals surface area contributed by atoms with Crippen LogP contribution in [0.15, 0.2) is 96.0 Å². The third-order valence-corrected chi connectivity index (χ3v) is 7.55. The van der Waals surface area contributed by atoms with Crippen molar-refractivity contribution in [2.75, 3.05) is 11.8 Å². The molecule has 0 fully saturated rings. The molecule has 11 heteroatoms. The Kier molecular flexibility index (Phi) is 10.0. The van der Waals surface area contributed by atoms with Crippen LogP contribution in [0.5, 0.6) is 0 Å². The highest BCUT2D eigenvalue weighted by Gasteiger charge is 2.29. The number of carbonyl (C=O) groups excluding carboxylic acids is 2. The number of benzene rings is 3. The van der Waals surface area contributed by atoms with Crippen LogP contribution >= 0.6 is 11.8 Å². The average molecular weight is 566 g/mol. The maximum Gasteiger partial charge on any atom is 0.407 e. The molecule has 39 heavy (non-hydrogen) atoms. The lowest BCUT2D eigenvalue weighted by Gasteiger charge is -2.26. The second-order valence-corrected chi connectivity index (χ2v) is 10.5. The Balaban J connectivity index is 1.54. The van der Waals surface area contributed by atoms with Gasteiger partial charge in [-0.15, -0.1) is 11.8 Å². The SMILES string of the molecule is COC(=O)N[C@@H](Cc1ccccc1)C(=O)N[C@@H](Cc1ccc(NS(=O)[O-])cc1)C1=CSC(c2ccccc2)N1. The molecule has 0 saturated carbocycles. The van der Waals surface area contributed by atoms with E-state index in [9.17, 15) is 18.4 Å². The molecule has 1 heterocycles. The summed E-state index contributed by atoms with van der Waals surface area (Å²) in [5, 5.41) is 11.3. The lowest BCUT2D eigenvalue weighted by molar-refractivity contribution is -0.123. The fourth-order valence-corrected chi connectivity index (χ4v) is 5.51. The van der Waals surface area contributed by atoms with Crippen LogP contribution in [0.2, 0.25) is 0 Å². The van der Waals surface area contributed by atoms with Crippen LogP contribution in [0.4, 0.5) is 10.5 Å². The zero-order valence-electron chi connectivity index (χ0n) is 21.2. The number of nitrogens with one attached hydrogen (secondary N) is 4. The van der Waals surface area contributed by atoms with Crippen molar-refractivity contribution in [3.8, 4) is 0 Å². The summed E-state index contributed by atoms with van der Waals surface area (Å²) in [4.78, 5) is 25.6. The Bertz CT molecular complexity index is 1310. The lowest BCUT2D eigenvalue weighted by atomic mass is 10.0. The van der Waals surface area contributed by atoms with Gasteiger partial charge in [0.15, 0.2) is 0 Å². The first kappa shape index (κ1) is 28.2. The minimum absolute atomic E-state index is 0.00692. The van der Waals surface area contributed by atoms with Crippen molar-refractivity contribution in [1.82, 2.24) is 16.0 Å². The molecule has 2 unspecified atom stereocenters. The van der Waals surface area contributed by atoms with E-state index in [-0.39, 0.29) is 17.7 Å². The Morgan fingerprint density at radius 2 is 1.59 bits per heavy atom. The largest absolute Gasteiger partial charge is 0.755 e. The minimum Gasteiger partial charge on any atom is -0.755 e. The summed E-state index contributed by atoms with van der Waals surface area (Å²) in [6, 6.07) is 25.1. The number of hydrogen-bond donors (Lipinski definition) is 4. The summed E-state index contributed by atoms with van der Waals surface area (Å²) in [7, 11) is 1.25. The van der Waals surface area contributed by atoms with Crippen molar-refractivity contribution in [2.45, 2.75) is 30.3 Å². The molecule has 1 aliphatic heterocycles. The lowest BCUT2D eigenvalue weighted by Crippen LogP contribution is -2.52. The Morgan fingerprint density at radius 1 is 0.949 bits per heavy atom. The monoisotopic (exact) mass is 565 g/mol. The van der Waals surface area contributed by atoms with Crippen LogP contribution in [-0.4, -0.2) is 40.0 Å². The van der Waals surface area contributed by atoms with E-state index in [1.54, 1.807) is 36.0 Å². The molecule has 0 bridgehead atoms. The highest BCUT2D eigenvalue weighted by Crippen LogP contribution is 2.35. The van der Waals surface area contributed by atoms with Gasteiger partial charge in [0.2, 0.25) is 5.91 Å². The zero-order chi connectivity index (χ0) is 27.6. The van der Waals surface area contributed by atoms with E-state index < -0.39 is 29.4 Å². The number of anilines is 1. The second kappa shape index (κ2) is 13.8. The van der Waals surface area contributed by atoms with Gasteiger partial charge in [-0.2, -0.15) is 0 Å². The van der Waals surface area contributed by atoms with Gasteiger partial charge in [-0.05, 0) is 40.7 Å². The summed E-state index contributed by atoms with van der Waals surface area (Å²) < 4.78 is 29.0. The van der Waals surface area contributed by atoms with E-state index in [0.29, 0.717) is 12.1 Å². The van der Waals surface area contributed by atoms with E-state index in [2.05, 4.69) is 20.7 Å². The summed E-state index contributed by atoms with van der Waals surface area (Å²) in [5.41, 5.74) is 4.16. The topological polar surface area (TPSA) is 132 Å². The zero-order valence-corrected chi connectivity index (χ0v) is 22.8. The van der Waals surface area contributed by atoms with Crippen molar-refractivity contribution in [2.24, 2.45) is 0 Å². The number of ether oxygens (including phenoxy) is 1. The van der Waals surface area contributed by atoms with Crippen molar-refractivity contribution >= 4 is 40.7 Å². The molecule has 4 N–H and O–H groups in total. The van der Waals surface area contributed by atoms with Crippen LogP contribution in [0.1, 0.15) is 22.1 Å². The average Bonchev–Trinajstić information content (AvgIpc) is 3.44. The quantitative estimate of drug-likeness (QED) is 0.260. The summed E-state index contributed by atoms with van der Waals surface area (Å²) in [6.07, 6.45) is 0.0259. The highest BCUT2D eigenvalue weighted by atomic mass is 32.2. The van der Waals surface area contributed by atoms with E-state index in [4.69, 9.17) is 4.74 Å². The van der Waals surface area contributed by atoms with Gasteiger partial charge in [0, 0.05) is 29.1 Å². The number of alkyl carbamates (subject to hydrolysis) is 1. The van der Waals surface area contributed by atoms with Crippen LogP contribution in [0.3, 0.4) is 0 Å². The first-order valence-corrected chi connectivity index (χ1v) is 14.2. The maximum atomic E-state index is 13.6. The van der Waals surface area contributed by atoms with E-state index >= 15 is 0 Å². The Labute approximate surface area is 234 Å². The van der Waals surface area contributed by atoms with Crippen LogP contribution in [0, 0.1) is 0 Å². The van der Waals surface area contributed by atoms with E-state index in [0.717, 1.165) is 22.4 Å². The number of thioether (sulfide) groups is 1. The predicted octanol–water partition coefficient (Wildman–Crippen LogP) is 3.76. The molecular weight excluding hydrogens is 536 g/mol. The van der Waals surface area contributed by atoms with E-state index in [1.807, 2.05) is 66.1 Å². The molecule has 9 nitrogen and oxygen atoms in total. The molecule has 4 atom stereocenters. The smallest absolute Gasteiger partial charge is 0.407 e. The van der Waals surface area contributed by atoms with Crippen LogP contribution in [0.25, 0.3) is 0 Å². The first-order valence-electron chi connectivity index (χ1n) is 12.2. The number of methoxy groups -OCH3 is 1. The first-order chi connectivity index (χ1) is 18.9. The van der Waals surface area contributed by atoms with Gasteiger partial charge in [-0.1, -0.05) is 72.8 Å². The van der Waals surface area contributed by atoms with Gasteiger partial charge >= 0.3 is 6.09 Å². The third-order valence-electron chi connectivity index (χ3n) is 6.09. The number of carbonyl (C=O) groups is 2. The summed E-state index contributed by atoms with van der Waals surface area (Å²) in [5.74, 6) is -0.356. The Hall–Kier alpha value is -3.80. The van der Waals surface area contributed by atoms with Crippen molar-refractivity contribution in [1.29, 1.82) is 0 Å². The standard InChI is InChI=1S/C28H30N4O5S2/c1-37-28(34)31-24(17-19-8-4-2-5-9-19)26(33)29-23(16-20-12-14-22(15-13-20)32-39(35)36)25-18-38-27(30-25)21-10-6-3-7-11-21/h2-15,18,23-24,27,30,32H,16-17H2,1H3,(H,29,33)(H,31,34)(H,35,36)/p-1/t23-,24-,27?/m0/s1. The molecule has 204 valence electrons. The molecular formula is C28H29N4O5S2-. The number of amides is 2. The van der Waals surface area contributed by atoms with Crippen molar-refractivity contribution < 1.29 is 23.1 Å². The van der Waals surface area contributed by atoms with Gasteiger partial charge in [0.1, 0.15) is 11.4 Å². The fraction of sp³-hybridized carbons (Fsp3) is 0.214. The minimum atomic E-state index is -2.42. The maximum absolute atomic E-state index is 13.6. The molecule has 0 radical (unpaired) electrons. The van der Waals surface area contributed by atoms with Crippen LogP contribution in [-0.2, 0) is 33.6 Å².